The van der Waals surface area contributed by atoms with Crippen LogP contribution in [-0.2, 0) is 10.0 Å². The summed E-state index contributed by atoms with van der Waals surface area (Å²) in [5.41, 5.74) is 6.47. The Labute approximate surface area is 105 Å². The molecule has 0 aliphatic heterocycles. The number of nitrogens with one attached hydrogen (secondary N) is 1. The highest BCUT2D eigenvalue weighted by atomic mass is 32.2. The van der Waals surface area contributed by atoms with Crippen molar-refractivity contribution in [3.8, 4) is 0 Å². The van der Waals surface area contributed by atoms with Crippen molar-refractivity contribution in [2.45, 2.75) is 18.7 Å². The fourth-order valence-corrected chi connectivity index (χ4v) is 2.61. The van der Waals surface area contributed by atoms with Crippen LogP contribution in [0, 0.1) is 13.8 Å². The molecular formula is C11H13N3O3S. The minimum absolute atomic E-state index is 0.0186. The SMILES string of the molecule is Cc1onc(NS(=O)(=O)c2ccccc2N)c1C. The molecule has 0 atom stereocenters. The van der Waals surface area contributed by atoms with Crippen LogP contribution in [0.5, 0.6) is 0 Å². The first kappa shape index (κ1) is 12.4. The van der Waals surface area contributed by atoms with Crippen molar-refractivity contribution in [2.24, 2.45) is 0 Å². The van der Waals surface area contributed by atoms with Crippen LogP contribution < -0.4 is 10.5 Å². The molecule has 1 aromatic heterocycles. The van der Waals surface area contributed by atoms with Crippen molar-refractivity contribution < 1.29 is 12.9 Å². The zero-order chi connectivity index (χ0) is 13.3. The van der Waals surface area contributed by atoms with Gasteiger partial charge < -0.3 is 10.3 Å². The van der Waals surface area contributed by atoms with Gasteiger partial charge in [0.25, 0.3) is 10.0 Å². The van der Waals surface area contributed by atoms with Crippen molar-refractivity contribution in [3.63, 3.8) is 0 Å². The Hall–Kier alpha value is -2.02. The van der Waals surface area contributed by atoms with Crippen LogP contribution in [0.2, 0.25) is 0 Å². The van der Waals surface area contributed by atoms with Crippen molar-refractivity contribution in [3.05, 3.63) is 35.6 Å². The molecule has 0 unspecified atom stereocenters. The van der Waals surface area contributed by atoms with E-state index in [-0.39, 0.29) is 16.4 Å². The van der Waals surface area contributed by atoms with Gasteiger partial charge in [-0.1, -0.05) is 17.3 Å². The van der Waals surface area contributed by atoms with Gasteiger partial charge in [0, 0.05) is 5.56 Å². The zero-order valence-corrected chi connectivity index (χ0v) is 10.8. The Morgan fingerprint density at radius 3 is 2.50 bits per heavy atom. The molecular weight excluding hydrogens is 254 g/mol. The summed E-state index contributed by atoms with van der Waals surface area (Å²) < 4.78 is 31.5. The highest BCUT2D eigenvalue weighted by Crippen LogP contribution is 2.23. The number of aryl methyl sites for hydroxylation is 1. The molecule has 0 amide bonds. The van der Waals surface area contributed by atoms with Gasteiger partial charge >= 0.3 is 0 Å². The van der Waals surface area contributed by atoms with Crippen molar-refractivity contribution in [1.82, 2.24) is 5.16 Å². The number of anilines is 2. The highest BCUT2D eigenvalue weighted by molar-refractivity contribution is 7.92. The third kappa shape index (κ3) is 2.17. The summed E-state index contributed by atoms with van der Waals surface area (Å²) in [6.45, 7) is 3.43. The molecule has 96 valence electrons. The summed E-state index contributed by atoms with van der Waals surface area (Å²) in [6.07, 6.45) is 0. The van der Waals surface area contributed by atoms with Crippen LogP contribution in [-0.4, -0.2) is 13.6 Å². The number of rotatable bonds is 3. The van der Waals surface area contributed by atoms with E-state index in [1.807, 2.05) is 0 Å². The molecule has 0 bridgehead atoms. The number of para-hydroxylation sites is 1. The van der Waals surface area contributed by atoms with E-state index >= 15 is 0 Å². The number of nitrogens with zero attached hydrogens (tertiary/aromatic N) is 1. The second-order valence-corrected chi connectivity index (χ2v) is 5.51. The Bertz CT molecular complexity index is 677. The van der Waals surface area contributed by atoms with Gasteiger partial charge in [-0.25, -0.2) is 8.42 Å². The quantitative estimate of drug-likeness (QED) is 0.824. The molecule has 0 aliphatic rings. The van der Waals surface area contributed by atoms with Gasteiger partial charge in [0.2, 0.25) is 0 Å². The number of benzene rings is 1. The normalized spacial score (nSPS) is 11.4. The summed E-state index contributed by atoms with van der Waals surface area (Å²) in [5.74, 6) is 0.740. The molecule has 1 heterocycles. The van der Waals surface area contributed by atoms with Gasteiger partial charge in [-0.3, -0.25) is 4.72 Å². The van der Waals surface area contributed by atoms with Crippen molar-refractivity contribution in [1.29, 1.82) is 0 Å². The molecule has 6 nitrogen and oxygen atoms in total. The predicted molar refractivity (Wildman–Crippen MR) is 67.6 cm³/mol. The van der Waals surface area contributed by atoms with E-state index in [9.17, 15) is 8.42 Å². The molecule has 0 spiro atoms. The van der Waals surface area contributed by atoms with Gasteiger partial charge in [-0.05, 0) is 26.0 Å². The monoisotopic (exact) mass is 267 g/mol. The van der Waals surface area contributed by atoms with Crippen molar-refractivity contribution >= 4 is 21.5 Å². The summed E-state index contributed by atoms with van der Waals surface area (Å²) in [6, 6.07) is 6.22. The van der Waals surface area contributed by atoms with E-state index in [0.717, 1.165) is 0 Å². The topological polar surface area (TPSA) is 98.2 Å². The lowest BCUT2D eigenvalue weighted by Crippen LogP contribution is -2.15. The number of aromatic nitrogens is 1. The third-order valence-electron chi connectivity index (χ3n) is 2.60. The molecule has 0 saturated carbocycles. The molecule has 2 aromatic rings. The smallest absolute Gasteiger partial charge is 0.265 e. The first-order valence-electron chi connectivity index (χ1n) is 5.22. The van der Waals surface area contributed by atoms with Gasteiger partial charge in [-0.15, -0.1) is 0 Å². The fourth-order valence-electron chi connectivity index (χ4n) is 1.42. The molecule has 3 N–H and O–H groups in total. The lowest BCUT2D eigenvalue weighted by Gasteiger charge is -2.07. The highest BCUT2D eigenvalue weighted by Gasteiger charge is 2.20. The minimum Gasteiger partial charge on any atom is -0.398 e. The van der Waals surface area contributed by atoms with Crippen molar-refractivity contribution in [2.75, 3.05) is 10.5 Å². The Kier molecular flexibility index (Phi) is 3.00. The Balaban J connectivity index is 2.40. The first-order chi connectivity index (χ1) is 8.42. The average molecular weight is 267 g/mol. The standard InChI is InChI=1S/C11H13N3O3S/c1-7-8(2)17-13-11(7)14-18(15,16)10-6-4-3-5-9(10)12/h3-6H,12H2,1-2H3,(H,13,14). The molecule has 0 radical (unpaired) electrons. The second kappa shape index (κ2) is 4.34. The van der Waals surface area contributed by atoms with E-state index in [1.54, 1.807) is 26.0 Å². The number of hydrogen-bond acceptors (Lipinski definition) is 5. The van der Waals surface area contributed by atoms with Gasteiger partial charge in [0.15, 0.2) is 5.82 Å². The third-order valence-corrected chi connectivity index (χ3v) is 4.01. The Morgan fingerprint density at radius 2 is 1.94 bits per heavy atom. The minimum atomic E-state index is -3.75. The van der Waals surface area contributed by atoms with Crippen LogP contribution in [0.1, 0.15) is 11.3 Å². The van der Waals surface area contributed by atoms with Gasteiger partial charge in [0.1, 0.15) is 10.7 Å². The number of sulfonamides is 1. The molecule has 0 fully saturated rings. The predicted octanol–water partition coefficient (Wildman–Crippen LogP) is 1.67. The summed E-state index contributed by atoms with van der Waals surface area (Å²) in [5, 5.41) is 3.65. The van der Waals surface area contributed by atoms with Crippen LogP contribution in [0.25, 0.3) is 0 Å². The maximum Gasteiger partial charge on any atom is 0.265 e. The largest absolute Gasteiger partial charge is 0.398 e. The summed E-state index contributed by atoms with van der Waals surface area (Å²) >= 11 is 0. The second-order valence-electron chi connectivity index (χ2n) is 3.86. The summed E-state index contributed by atoms with van der Waals surface area (Å²) in [7, 11) is -3.75. The van der Waals surface area contributed by atoms with E-state index in [1.165, 1.54) is 12.1 Å². The molecule has 7 heteroatoms. The average Bonchev–Trinajstić information content (AvgIpc) is 2.61. The van der Waals surface area contributed by atoms with E-state index in [0.29, 0.717) is 11.3 Å². The van der Waals surface area contributed by atoms with Crippen LogP contribution in [0.4, 0.5) is 11.5 Å². The zero-order valence-electron chi connectivity index (χ0n) is 9.97. The summed E-state index contributed by atoms with van der Waals surface area (Å²) in [4.78, 5) is 0.0186. The Morgan fingerprint density at radius 1 is 1.28 bits per heavy atom. The number of hydrogen-bond donors (Lipinski definition) is 2. The maximum atomic E-state index is 12.1. The van der Waals surface area contributed by atoms with Gasteiger partial charge in [0.05, 0.1) is 5.69 Å². The van der Waals surface area contributed by atoms with Crippen LogP contribution in [0.3, 0.4) is 0 Å². The first-order valence-corrected chi connectivity index (χ1v) is 6.70. The lowest BCUT2D eigenvalue weighted by molar-refractivity contribution is 0.399. The van der Waals surface area contributed by atoms with Crippen LogP contribution in [0.15, 0.2) is 33.7 Å². The van der Waals surface area contributed by atoms with E-state index < -0.39 is 10.0 Å². The molecule has 0 aliphatic carbocycles. The van der Waals surface area contributed by atoms with E-state index in [2.05, 4.69) is 9.88 Å². The van der Waals surface area contributed by atoms with Gasteiger partial charge in [-0.2, -0.15) is 0 Å². The van der Waals surface area contributed by atoms with E-state index in [4.69, 9.17) is 10.3 Å². The number of nitrogen functional groups attached to an aromatic ring is 1. The van der Waals surface area contributed by atoms with Crippen LogP contribution >= 0.6 is 0 Å². The molecule has 18 heavy (non-hydrogen) atoms. The lowest BCUT2D eigenvalue weighted by atomic mass is 10.3. The number of nitrogens with two attached hydrogens (primary N) is 1. The fraction of sp³-hybridized carbons (Fsp3) is 0.182. The molecule has 0 saturated heterocycles. The molecule has 2 rings (SSSR count). The molecule has 1 aromatic carbocycles. The maximum absolute atomic E-state index is 12.1.